The van der Waals surface area contributed by atoms with Crippen molar-refractivity contribution in [2.45, 2.75) is 45.1 Å². The Bertz CT molecular complexity index is 593. The van der Waals surface area contributed by atoms with E-state index < -0.39 is 0 Å². The van der Waals surface area contributed by atoms with Gasteiger partial charge in [-0.3, -0.25) is 0 Å². The molecule has 0 amide bonds. The molecule has 0 saturated heterocycles. The highest BCUT2D eigenvalue weighted by Crippen LogP contribution is 2.31. The van der Waals surface area contributed by atoms with Crippen LogP contribution >= 0.6 is 15.9 Å². The van der Waals surface area contributed by atoms with E-state index in [0.717, 1.165) is 27.7 Å². The zero-order valence-electron chi connectivity index (χ0n) is 11.8. The summed E-state index contributed by atoms with van der Waals surface area (Å²) in [7, 11) is 0. The first-order chi connectivity index (χ1) is 9.79. The molecule has 3 nitrogen and oxygen atoms in total. The Morgan fingerprint density at radius 1 is 1.20 bits per heavy atom. The number of hydrogen-bond donors (Lipinski definition) is 0. The number of nitrogens with zero attached hydrogens (tertiary/aromatic N) is 3. The lowest BCUT2D eigenvalue weighted by Crippen LogP contribution is -2.37. The smallest absolute Gasteiger partial charge is 0.140 e. The zero-order chi connectivity index (χ0) is 13.9. The lowest BCUT2D eigenvalue weighted by Gasteiger charge is -2.35. The summed E-state index contributed by atoms with van der Waals surface area (Å²) in [5.74, 6) is 1.09. The second kappa shape index (κ2) is 6.08. The van der Waals surface area contributed by atoms with Crippen molar-refractivity contribution < 1.29 is 0 Å². The van der Waals surface area contributed by atoms with Crippen molar-refractivity contribution in [3.63, 3.8) is 0 Å². The average molecular weight is 334 g/mol. The highest BCUT2D eigenvalue weighted by molar-refractivity contribution is 9.10. The second-order valence-corrected chi connectivity index (χ2v) is 6.35. The molecule has 3 rings (SSSR count). The first-order valence-corrected chi connectivity index (χ1v) is 8.26. The van der Waals surface area contributed by atoms with Crippen LogP contribution in [-0.2, 0) is 0 Å². The van der Waals surface area contributed by atoms with Gasteiger partial charge in [0.05, 0.1) is 5.52 Å². The molecule has 1 aliphatic rings. The number of hydrogen-bond acceptors (Lipinski definition) is 3. The van der Waals surface area contributed by atoms with Crippen LogP contribution in [0.3, 0.4) is 0 Å². The van der Waals surface area contributed by atoms with E-state index in [9.17, 15) is 0 Å². The van der Waals surface area contributed by atoms with Gasteiger partial charge in [0.15, 0.2) is 0 Å². The number of rotatable bonds is 3. The molecule has 1 aromatic carbocycles. The van der Waals surface area contributed by atoms with E-state index in [1.165, 1.54) is 32.1 Å². The minimum absolute atomic E-state index is 0.630. The number of aromatic nitrogens is 2. The van der Waals surface area contributed by atoms with Crippen molar-refractivity contribution in [1.82, 2.24) is 9.97 Å². The van der Waals surface area contributed by atoms with Crippen LogP contribution in [0.2, 0.25) is 0 Å². The molecule has 1 heterocycles. The van der Waals surface area contributed by atoms with Crippen molar-refractivity contribution >= 4 is 32.7 Å². The van der Waals surface area contributed by atoms with Crippen molar-refractivity contribution in [3.8, 4) is 0 Å². The predicted molar refractivity (Wildman–Crippen MR) is 87.1 cm³/mol. The van der Waals surface area contributed by atoms with Crippen LogP contribution in [0.15, 0.2) is 29.0 Å². The van der Waals surface area contributed by atoms with Gasteiger partial charge in [-0.15, -0.1) is 0 Å². The number of anilines is 1. The van der Waals surface area contributed by atoms with Crippen LogP contribution in [0.4, 0.5) is 5.82 Å². The molecule has 1 aliphatic carbocycles. The summed E-state index contributed by atoms with van der Waals surface area (Å²) >= 11 is 3.56. The Labute approximate surface area is 128 Å². The van der Waals surface area contributed by atoms with Crippen LogP contribution in [0.5, 0.6) is 0 Å². The molecule has 1 fully saturated rings. The molecule has 0 radical (unpaired) electrons. The third-order valence-corrected chi connectivity index (χ3v) is 4.70. The largest absolute Gasteiger partial charge is 0.353 e. The van der Waals surface area contributed by atoms with Gasteiger partial charge in [0.25, 0.3) is 0 Å². The fourth-order valence-electron chi connectivity index (χ4n) is 3.22. The van der Waals surface area contributed by atoms with Crippen LogP contribution in [0.25, 0.3) is 10.9 Å². The van der Waals surface area contributed by atoms with E-state index in [2.05, 4.69) is 49.9 Å². The standard InChI is InChI=1S/C16H20BrN3/c1-2-20(13-6-4-3-5-7-13)16-14-10-12(17)8-9-15(14)18-11-19-16/h8-11,13H,2-7H2,1H3. The monoisotopic (exact) mass is 333 g/mol. The molecular formula is C16H20BrN3. The van der Waals surface area contributed by atoms with Crippen LogP contribution < -0.4 is 4.90 Å². The van der Waals surface area contributed by atoms with Crippen molar-refractivity contribution in [2.75, 3.05) is 11.4 Å². The highest BCUT2D eigenvalue weighted by atomic mass is 79.9. The van der Waals surface area contributed by atoms with E-state index >= 15 is 0 Å². The Morgan fingerprint density at radius 3 is 2.75 bits per heavy atom. The van der Waals surface area contributed by atoms with Gasteiger partial charge in [-0.05, 0) is 38.0 Å². The summed E-state index contributed by atoms with van der Waals surface area (Å²) in [6, 6.07) is 6.86. The SMILES string of the molecule is CCN(c1ncnc2ccc(Br)cc12)C1CCCCC1. The summed E-state index contributed by atoms with van der Waals surface area (Å²) in [6.45, 7) is 3.23. The number of benzene rings is 1. The van der Waals surface area contributed by atoms with Gasteiger partial charge in [0, 0.05) is 22.4 Å². The molecular weight excluding hydrogens is 314 g/mol. The topological polar surface area (TPSA) is 29.0 Å². The average Bonchev–Trinajstić information content (AvgIpc) is 2.49. The fourth-order valence-corrected chi connectivity index (χ4v) is 3.58. The lowest BCUT2D eigenvalue weighted by molar-refractivity contribution is 0.417. The zero-order valence-corrected chi connectivity index (χ0v) is 13.4. The lowest BCUT2D eigenvalue weighted by atomic mass is 9.94. The molecule has 1 saturated carbocycles. The van der Waals surface area contributed by atoms with Gasteiger partial charge in [-0.1, -0.05) is 35.2 Å². The van der Waals surface area contributed by atoms with E-state index in [4.69, 9.17) is 0 Å². The van der Waals surface area contributed by atoms with Gasteiger partial charge in [0.2, 0.25) is 0 Å². The molecule has 4 heteroatoms. The second-order valence-electron chi connectivity index (χ2n) is 5.44. The molecule has 0 bridgehead atoms. The Morgan fingerprint density at radius 2 is 2.00 bits per heavy atom. The number of halogens is 1. The van der Waals surface area contributed by atoms with E-state index in [1.54, 1.807) is 6.33 Å². The number of fused-ring (bicyclic) bond motifs is 1. The van der Waals surface area contributed by atoms with Crippen molar-refractivity contribution in [1.29, 1.82) is 0 Å². The Hall–Kier alpha value is -1.16. The maximum absolute atomic E-state index is 4.59. The molecule has 0 N–H and O–H groups in total. The first kappa shape index (κ1) is 13.8. The fraction of sp³-hybridized carbons (Fsp3) is 0.500. The van der Waals surface area contributed by atoms with Gasteiger partial charge < -0.3 is 4.90 Å². The van der Waals surface area contributed by atoms with Gasteiger partial charge in [0.1, 0.15) is 12.1 Å². The van der Waals surface area contributed by atoms with Crippen LogP contribution in [0, 0.1) is 0 Å². The summed E-state index contributed by atoms with van der Waals surface area (Å²) in [5.41, 5.74) is 1.02. The Kier molecular flexibility index (Phi) is 4.20. The maximum Gasteiger partial charge on any atom is 0.140 e. The van der Waals surface area contributed by atoms with E-state index in [-0.39, 0.29) is 0 Å². The maximum atomic E-state index is 4.59. The summed E-state index contributed by atoms with van der Waals surface area (Å²) < 4.78 is 1.08. The normalized spacial score (nSPS) is 16.5. The Balaban J connectivity index is 2.04. The summed E-state index contributed by atoms with van der Waals surface area (Å²) in [4.78, 5) is 11.4. The molecule has 1 aromatic heterocycles. The quantitative estimate of drug-likeness (QED) is 0.824. The van der Waals surface area contributed by atoms with E-state index in [1.807, 2.05) is 6.07 Å². The minimum Gasteiger partial charge on any atom is -0.353 e. The molecule has 106 valence electrons. The third-order valence-electron chi connectivity index (χ3n) is 4.20. The van der Waals surface area contributed by atoms with Crippen LogP contribution in [-0.4, -0.2) is 22.6 Å². The molecule has 0 unspecified atom stereocenters. The summed E-state index contributed by atoms with van der Waals surface area (Å²) in [6.07, 6.45) is 8.32. The first-order valence-electron chi connectivity index (χ1n) is 7.46. The minimum atomic E-state index is 0.630. The van der Waals surface area contributed by atoms with Crippen molar-refractivity contribution in [3.05, 3.63) is 29.0 Å². The van der Waals surface area contributed by atoms with Crippen LogP contribution in [0.1, 0.15) is 39.0 Å². The molecule has 2 aromatic rings. The van der Waals surface area contributed by atoms with Gasteiger partial charge in [-0.2, -0.15) is 0 Å². The summed E-state index contributed by atoms with van der Waals surface area (Å²) in [5, 5.41) is 1.15. The predicted octanol–water partition coefficient (Wildman–Crippen LogP) is 4.55. The third kappa shape index (κ3) is 2.66. The van der Waals surface area contributed by atoms with Gasteiger partial charge >= 0.3 is 0 Å². The molecule has 0 spiro atoms. The van der Waals surface area contributed by atoms with Crippen molar-refractivity contribution in [2.24, 2.45) is 0 Å². The van der Waals surface area contributed by atoms with E-state index in [0.29, 0.717) is 6.04 Å². The molecule has 0 aliphatic heterocycles. The molecule has 20 heavy (non-hydrogen) atoms. The molecule has 0 atom stereocenters. The highest BCUT2D eigenvalue weighted by Gasteiger charge is 2.22. The van der Waals surface area contributed by atoms with Gasteiger partial charge in [-0.25, -0.2) is 9.97 Å².